The molecule has 7 heteroatoms. The highest BCUT2D eigenvalue weighted by molar-refractivity contribution is 5.87. The average molecular weight is 483 g/mol. The van der Waals surface area contributed by atoms with Gasteiger partial charge >= 0.3 is 6.03 Å². The van der Waals surface area contributed by atoms with Gasteiger partial charge in [0.05, 0.1) is 0 Å². The van der Waals surface area contributed by atoms with E-state index in [9.17, 15) is 15.0 Å². The van der Waals surface area contributed by atoms with E-state index >= 15 is 0 Å². The number of nitrogens with two attached hydrogens (primary N) is 1. The molecular formula is C28H42N4O3. The fraction of sp³-hybridized carbons (Fsp3) is 0.536. The molecule has 3 rings (SSSR count). The number of benzene rings is 2. The quantitative estimate of drug-likeness (QED) is 0.200. The van der Waals surface area contributed by atoms with Crippen LogP contribution in [-0.2, 0) is 19.3 Å². The first-order valence-corrected chi connectivity index (χ1v) is 13.1. The van der Waals surface area contributed by atoms with E-state index in [-0.39, 0.29) is 11.5 Å². The number of primary amides is 1. The Morgan fingerprint density at radius 2 is 1.80 bits per heavy atom. The summed E-state index contributed by atoms with van der Waals surface area (Å²) < 4.78 is 0. The van der Waals surface area contributed by atoms with Gasteiger partial charge in [-0.2, -0.15) is 0 Å². The van der Waals surface area contributed by atoms with Crippen LogP contribution in [0.25, 0.3) is 0 Å². The zero-order valence-corrected chi connectivity index (χ0v) is 21.1. The monoisotopic (exact) mass is 482 g/mol. The molecule has 35 heavy (non-hydrogen) atoms. The van der Waals surface area contributed by atoms with Crippen molar-refractivity contribution in [3.05, 3.63) is 53.1 Å². The van der Waals surface area contributed by atoms with Crippen molar-refractivity contribution in [2.75, 3.05) is 31.5 Å². The Labute approximate surface area is 209 Å². The molecule has 2 amide bonds. The highest BCUT2D eigenvalue weighted by Gasteiger charge is 2.26. The van der Waals surface area contributed by atoms with E-state index in [0.717, 1.165) is 69.5 Å². The number of phenolic OH excluding ortho intramolecular Hbond substituents is 2. The van der Waals surface area contributed by atoms with Gasteiger partial charge in [-0.1, -0.05) is 38.0 Å². The van der Waals surface area contributed by atoms with E-state index in [1.807, 2.05) is 30.3 Å². The molecular weight excluding hydrogens is 440 g/mol. The van der Waals surface area contributed by atoms with Crippen LogP contribution in [0.15, 0.2) is 36.4 Å². The Morgan fingerprint density at radius 3 is 2.54 bits per heavy atom. The lowest BCUT2D eigenvalue weighted by atomic mass is 9.86. The first kappa shape index (κ1) is 26.8. The molecule has 0 bridgehead atoms. The molecule has 192 valence electrons. The Morgan fingerprint density at radius 1 is 1.03 bits per heavy atom. The van der Waals surface area contributed by atoms with Crippen LogP contribution in [-0.4, -0.2) is 53.4 Å². The van der Waals surface area contributed by atoms with Crippen molar-refractivity contribution in [2.24, 2.45) is 5.73 Å². The lowest BCUT2D eigenvalue weighted by Crippen LogP contribution is -2.40. The molecule has 0 spiro atoms. The molecule has 2 aromatic carbocycles. The minimum Gasteiger partial charge on any atom is -0.504 e. The first-order valence-electron chi connectivity index (χ1n) is 13.1. The maximum atomic E-state index is 10.9. The molecule has 0 heterocycles. The standard InChI is InChI=1S/C28H42N4O3/c1-2-18-32(24-12-13-25-22(20-24)9-14-26(33)27(25)34)19-6-4-3-5-16-30-17-15-21-7-10-23(11-8-21)31-28(29)35/h7-11,14,24,30,33-34H,2-6,12-13,15-20H2,1H3,(H3,29,31,35). The minimum atomic E-state index is -0.541. The minimum absolute atomic E-state index is 0.00428. The summed E-state index contributed by atoms with van der Waals surface area (Å²) in [5, 5.41) is 26.0. The number of phenols is 2. The van der Waals surface area contributed by atoms with Crippen molar-refractivity contribution >= 4 is 11.7 Å². The molecule has 1 aliphatic carbocycles. The number of aromatic hydroxyl groups is 2. The molecule has 0 fully saturated rings. The Balaban J connectivity index is 1.28. The van der Waals surface area contributed by atoms with Crippen molar-refractivity contribution in [1.29, 1.82) is 0 Å². The number of urea groups is 1. The van der Waals surface area contributed by atoms with E-state index < -0.39 is 6.03 Å². The van der Waals surface area contributed by atoms with Crippen LogP contribution in [0.2, 0.25) is 0 Å². The molecule has 0 aliphatic heterocycles. The molecule has 1 atom stereocenters. The number of rotatable bonds is 14. The third kappa shape index (κ3) is 8.44. The fourth-order valence-corrected chi connectivity index (χ4v) is 5.05. The SMILES string of the molecule is CCCN(CCCCCCNCCc1ccc(NC(N)=O)cc1)C1CCc2c(ccc(O)c2O)C1. The summed E-state index contributed by atoms with van der Waals surface area (Å²) in [7, 11) is 0. The molecule has 2 aromatic rings. The molecule has 0 aromatic heterocycles. The zero-order valence-electron chi connectivity index (χ0n) is 21.1. The highest BCUT2D eigenvalue weighted by atomic mass is 16.3. The van der Waals surface area contributed by atoms with E-state index in [1.165, 1.54) is 36.8 Å². The Hall–Kier alpha value is -2.77. The lowest BCUT2D eigenvalue weighted by molar-refractivity contribution is 0.175. The zero-order chi connectivity index (χ0) is 25.0. The van der Waals surface area contributed by atoms with Crippen LogP contribution in [0.4, 0.5) is 10.5 Å². The second-order valence-corrected chi connectivity index (χ2v) is 9.60. The topological polar surface area (TPSA) is 111 Å². The number of carbonyl (C=O) groups excluding carboxylic acids is 1. The average Bonchev–Trinajstić information content (AvgIpc) is 2.85. The van der Waals surface area contributed by atoms with Crippen LogP contribution in [0.3, 0.4) is 0 Å². The largest absolute Gasteiger partial charge is 0.504 e. The smallest absolute Gasteiger partial charge is 0.316 e. The molecule has 7 nitrogen and oxygen atoms in total. The molecule has 0 radical (unpaired) electrons. The number of fused-ring (bicyclic) bond motifs is 1. The van der Waals surface area contributed by atoms with Gasteiger partial charge in [-0.05, 0) is 100 Å². The first-order chi connectivity index (χ1) is 17.0. The summed E-state index contributed by atoms with van der Waals surface area (Å²) in [6.07, 6.45) is 9.83. The fourth-order valence-electron chi connectivity index (χ4n) is 5.05. The third-order valence-electron chi connectivity index (χ3n) is 6.93. The van der Waals surface area contributed by atoms with Crippen LogP contribution in [0.5, 0.6) is 11.5 Å². The van der Waals surface area contributed by atoms with Crippen LogP contribution in [0.1, 0.15) is 62.1 Å². The summed E-state index contributed by atoms with van der Waals surface area (Å²) in [5.74, 6) is 0.0717. The molecule has 1 aliphatic rings. The van der Waals surface area contributed by atoms with E-state index in [2.05, 4.69) is 22.5 Å². The van der Waals surface area contributed by atoms with Gasteiger partial charge in [-0.15, -0.1) is 0 Å². The number of amides is 2. The second-order valence-electron chi connectivity index (χ2n) is 9.60. The van der Waals surface area contributed by atoms with Gasteiger partial charge in [-0.3, -0.25) is 0 Å². The van der Waals surface area contributed by atoms with Crippen molar-refractivity contribution in [3.63, 3.8) is 0 Å². The van der Waals surface area contributed by atoms with Gasteiger partial charge < -0.3 is 31.5 Å². The molecule has 0 saturated heterocycles. The summed E-state index contributed by atoms with van der Waals surface area (Å²) in [5.41, 5.74) is 9.20. The van der Waals surface area contributed by atoms with Crippen molar-refractivity contribution in [2.45, 2.75) is 70.8 Å². The molecule has 1 unspecified atom stereocenters. The number of carbonyl (C=O) groups is 1. The molecule has 6 N–H and O–H groups in total. The summed E-state index contributed by atoms with van der Waals surface area (Å²) >= 11 is 0. The lowest BCUT2D eigenvalue weighted by Gasteiger charge is -2.35. The maximum Gasteiger partial charge on any atom is 0.316 e. The predicted molar refractivity (Wildman–Crippen MR) is 142 cm³/mol. The number of anilines is 1. The van der Waals surface area contributed by atoms with Gasteiger partial charge in [0.25, 0.3) is 0 Å². The highest BCUT2D eigenvalue weighted by Crippen LogP contribution is 2.36. The Kier molecular flexibility index (Phi) is 10.7. The number of unbranched alkanes of at least 4 members (excludes halogenated alkanes) is 3. The normalized spacial score (nSPS) is 15.2. The van der Waals surface area contributed by atoms with E-state index in [4.69, 9.17) is 5.73 Å². The second kappa shape index (κ2) is 14.0. The van der Waals surface area contributed by atoms with Gasteiger partial charge in [0, 0.05) is 17.3 Å². The number of nitrogens with one attached hydrogen (secondary N) is 2. The van der Waals surface area contributed by atoms with Gasteiger partial charge in [-0.25, -0.2) is 4.79 Å². The van der Waals surface area contributed by atoms with Crippen LogP contribution >= 0.6 is 0 Å². The predicted octanol–water partition coefficient (Wildman–Crippen LogP) is 4.55. The van der Waals surface area contributed by atoms with Gasteiger partial charge in [0.15, 0.2) is 11.5 Å². The third-order valence-corrected chi connectivity index (χ3v) is 6.93. The Bertz CT molecular complexity index is 933. The summed E-state index contributed by atoms with van der Waals surface area (Å²) in [4.78, 5) is 13.5. The van der Waals surface area contributed by atoms with Gasteiger partial charge in [0.2, 0.25) is 0 Å². The van der Waals surface area contributed by atoms with Crippen LogP contribution in [0, 0.1) is 0 Å². The van der Waals surface area contributed by atoms with E-state index in [0.29, 0.717) is 6.04 Å². The number of hydrogen-bond acceptors (Lipinski definition) is 5. The van der Waals surface area contributed by atoms with Crippen molar-refractivity contribution in [1.82, 2.24) is 10.2 Å². The summed E-state index contributed by atoms with van der Waals surface area (Å²) in [6, 6.07) is 11.4. The van der Waals surface area contributed by atoms with Crippen molar-refractivity contribution in [3.8, 4) is 11.5 Å². The number of nitrogens with zero attached hydrogens (tertiary/aromatic N) is 1. The van der Waals surface area contributed by atoms with Crippen molar-refractivity contribution < 1.29 is 15.0 Å². The summed E-state index contributed by atoms with van der Waals surface area (Å²) in [6.45, 7) is 6.47. The van der Waals surface area contributed by atoms with E-state index in [1.54, 1.807) is 6.07 Å². The van der Waals surface area contributed by atoms with Gasteiger partial charge in [0.1, 0.15) is 0 Å². The molecule has 0 saturated carbocycles. The maximum absolute atomic E-state index is 10.9. The number of hydrogen-bond donors (Lipinski definition) is 5. The van der Waals surface area contributed by atoms with Crippen LogP contribution < -0.4 is 16.4 Å².